The monoisotopic (exact) mass is 220 g/mol. The number of hydrogen-bond acceptors (Lipinski definition) is 3. The third-order valence-electron chi connectivity index (χ3n) is 2.48. The predicted molar refractivity (Wildman–Crippen MR) is 57.7 cm³/mol. The van der Waals surface area contributed by atoms with E-state index in [1.807, 2.05) is 13.8 Å². The van der Waals surface area contributed by atoms with Crippen LogP contribution in [0.15, 0.2) is 0 Å². The van der Waals surface area contributed by atoms with Crippen molar-refractivity contribution in [1.82, 2.24) is 9.62 Å². The summed E-state index contributed by atoms with van der Waals surface area (Å²) in [5, 5.41) is 3.23. The third kappa shape index (κ3) is 3.22. The lowest BCUT2D eigenvalue weighted by Crippen LogP contribution is -2.51. The number of nitrogens with one attached hydrogen (secondary N) is 1. The molecular formula is C9H20N2O2S. The molecule has 1 N–H and O–H groups in total. The van der Waals surface area contributed by atoms with Crippen LogP contribution in [-0.2, 0) is 10.0 Å². The molecule has 1 aliphatic heterocycles. The molecule has 1 unspecified atom stereocenters. The maximum absolute atomic E-state index is 11.8. The van der Waals surface area contributed by atoms with Gasteiger partial charge in [-0.2, -0.15) is 4.31 Å². The van der Waals surface area contributed by atoms with E-state index in [1.165, 1.54) is 0 Å². The standard InChI is InChI=1S/C9H20N2O2S/c1-3-4-7-14(12,13)11-6-5-10-9(2)8-11/h9-10H,3-8H2,1-2H3. The van der Waals surface area contributed by atoms with E-state index >= 15 is 0 Å². The number of unbranched alkanes of at least 4 members (excludes halogenated alkanes) is 1. The summed E-state index contributed by atoms with van der Waals surface area (Å²) in [7, 11) is -2.99. The average Bonchev–Trinajstić information content (AvgIpc) is 2.15. The van der Waals surface area contributed by atoms with Crippen LogP contribution in [0.3, 0.4) is 0 Å². The van der Waals surface area contributed by atoms with Gasteiger partial charge in [0.2, 0.25) is 10.0 Å². The molecule has 0 aromatic heterocycles. The van der Waals surface area contributed by atoms with Crippen LogP contribution in [0, 0.1) is 0 Å². The molecule has 0 amide bonds. The molecule has 0 spiro atoms. The van der Waals surface area contributed by atoms with Crippen molar-refractivity contribution in [1.29, 1.82) is 0 Å². The number of sulfonamides is 1. The molecule has 84 valence electrons. The lowest BCUT2D eigenvalue weighted by molar-refractivity contribution is 0.310. The van der Waals surface area contributed by atoms with Crippen LogP contribution < -0.4 is 5.32 Å². The minimum atomic E-state index is -2.99. The summed E-state index contributed by atoms with van der Waals surface area (Å²) in [6.07, 6.45) is 1.70. The second kappa shape index (κ2) is 5.09. The Morgan fingerprint density at radius 1 is 1.50 bits per heavy atom. The zero-order chi connectivity index (χ0) is 10.6. The lowest BCUT2D eigenvalue weighted by atomic mass is 10.3. The molecule has 1 heterocycles. The van der Waals surface area contributed by atoms with Crippen LogP contribution in [0.25, 0.3) is 0 Å². The first-order valence-corrected chi connectivity index (χ1v) is 6.88. The van der Waals surface area contributed by atoms with E-state index in [0.29, 0.717) is 18.8 Å². The summed E-state index contributed by atoms with van der Waals surface area (Å²) >= 11 is 0. The lowest BCUT2D eigenvalue weighted by Gasteiger charge is -2.30. The Hall–Kier alpha value is -0.130. The molecule has 1 saturated heterocycles. The Labute approximate surface area is 86.7 Å². The molecular weight excluding hydrogens is 200 g/mol. The van der Waals surface area contributed by atoms with Gasteiger partial charge in [0.15, 0.2) is 0 Å². The van der Waals surface area contributed by atoms with Gasteiger partial charge in [-0.15, -0.1) is 0 Å². The van der Waals surface area contributed by atoms with Crippen LogP contribution in [-0.4, -0.2) is 44.2 Å². The van der Waals surface area contributed by atoms with E-state index in [4.69, 9.17) is 0 Å². The average molecular weight is 220 g/mol. The van der Waals surface area contributed by atoms with Crippen molar-refractivity contribution in [2.45, 2.75) is 32.7 Å². The highest BCUT2D eigenvalue weighted by Crippen LogP contribution is 2.08. The van der Waals surface area contributed by atoms with Crippen molar-refractivity contribution in [3.63, 3.8) is 0 Å². The Morgan fingerprint density at radius 3 is 2.79 bits per heavy atom. The first kappa shape index (κ1) is 11.9. The van der Waals surface area contributed by atoms with E-state index in [0.717, 1.165) is 19.4 Å². The summed E-state index contributed by atoms with van der Waals surface area (Å²) in [6.45, 7) is 6.03. The van der Waals surface area contributed by atoms with Crippen LogP contribution in [0.4, 0.5) is 0 Å². The zero-order valence-electron chi connectivity index (χ0n) is 8.99. The smallest absolute Gasteiger partial charge is 0.214 e. The van der Waals surface area contributed by atoms with Gasteiger partial charge in [-0.3, -0.25) is 0 Å². The van der Waals surface area contributed by atoms with Crippen molar-refractivity contribution >= 4 is 10.0 Å². The quantitative estimate of drug-likeness (QED) is 0.746. The molecule has 4 nitrogen and oxygen atoms in total. The summed E-state index contributed by atoms with van der Waals surface area (Å²) in [6, 6.07) is 0.278. The van der Waals surface area contributed by atoms with Gasteiger partial charge in [0, 0.05) is 25.7 Å². The molecule has 0 aromatic carbocycles. The molecule has 0 aliphatic carbocycles. The van der Waals surface area contributed by atoms with E-state index in [9.17, 15) is 8.42 Å². The SMILES string of the molecule is CCCCS(=O)(=O)N1CCNC(C)C1. The summed E-state index contributed by atoms with van der Waals surface area (Å²) in [4.78, 5) is 0. The molecule has 1 fully saturated rings. The van der Waals surface area contributed by atoms with Crippen LogP contribution in [0.5, 0.6) is 0 Å². The molecule has 0 saturated carbocycles. The topological polar surface area (TPSA) is 49.4 Å². The van der Waals surface area contributed by atoms with Crippen LogP contribution in [0.2, 0.25) is 0 Å². The molecule has 14 heavy (non-hydrogen) atoms. The van der Waals surface area contributed by atoms with Gasteiger partial charge < -0.3 is 5.32 Å². The second-order valence-corrected chi connectivity index (χ2v) is 5.97. The Bertz CT molecular complexity index is 264. The Kier molecular flexibility index (Phi) is 4.34. The van der Waals surface area contributed by atoms with Gasteiger partial charge in [0.05, 0.1) is 5.75 Å². The first-order valence-electron chi connectivity index (χ1n) is 5.27. The highest BCUT2D eigenvalue weighted by molar-refractivity contribution is 7.89. The molecule has 0 bridgehead atoms. The number of hydrogen-bond donors (Lipinski definition) is 1. The minimum absolute atomic E-state index is 0.278. The summed E-state index contributed by atoms with van der Waals surface area (Å²) in [5.74, 6) is 0.302. The van der Waals surface area contributed by atoms with Gasteiger partial charge in [-0.25, -0.2) is 8.42 Å². The Balaban J connectivity index is 2.53. The molecule has 1 atom stereocenters. The van der Waals surface area contributed by atoms with Crippen LogP contribution in [0.1, 0.15) is 26.7 Å². The molecule has 1 aliphatic rings. The fourth-order valence-corrected chi connectivity index (χ4v) is 3.34. The maximum Gasteiger partial charge on any atom is 0.214 e. The van der Waals surface area contributed by atoms with Crippen molar-refractivity contribution in [3.8, 4) is 0 Å². The van der Waals surface area contributed by atoms with Crippen molar-refractivity contribution < 1.29 is 8.42 Å². The molecule has 0 radical (unpaired) electrons. The van der Waals surface area contributed by atoms with Gasteiger partial charge in [-0.1, -0.05) is 13.3 Å². The van der Waals surface area contributed by atoms with Crippen molar-refractivity contribution in [2.24, 2.45) is 0 Å². The predicted octanol–water partition coefficient (Wildman–Crippen LogP) is 0.410. The van der Waals surface area contributed by atoms with Gasteiger partial charge in [0.25, 0.3) is 0 Å². The zero-order valence-corrected chi connectivity index (χ0v) is 9.81. The summed E-state index contributed by atoms with van der Waals surface area (Å²) < 4.78 is 25.2. The summed E-state index contributed by atoms with van der Waals surface area (Å²) in [5.41, 5.74) is 0. The van der Waals surface area contributed by atoms with Crippen molar-refractivity contribution in [3.05, 3.63) is 0 Å². The van der Waals surface area contributed by atoms with E-state index < -0.39 is 10.0 Å². The second-order valence-electron chi connectivity index (χ2n) is 3.88. The Morgan fingerprint density at radius 2 is 2.21 bits per heavy atom. The third-order valence-corrected chi connectivity index (χ3v) is 4.40. The van der Waals surface area contributed by atoms with Crippen LogP contribution >= 0.6 is 0 Å². The van der Waals surface area contributed by atoms with Crippen molar-refractivity contribution in [2.75, 3.05) is 25.4 Å². The fraction of sp³-hybridized carbons (Fsp3) is 1.00. The van der Waals surface area contributed by atoms with Gasteiger partial charge in [0.1, 0.15) is 0 Å². The fourth-order valence-electron chi connectivity index (χ4n) is 1.61. The molecule has 0 aromatic rings. The van der Waals surface area contributed by atoms with Gasteiger partial charge in [-0.05, 0) is 13.3 Å². The van der Waals surface area contributed by atoms with Gasteiger partial charge >= 0.3 is 0 Å². The normalized spacial score (nSPS) is 25.1. The number of piperazine rings is 1. The highest BCUT2D eigenvalue weighted by atomic mass is 32.2. The van der Waals surface area contributed by atoms with E-state index in [2.05, 4.69) is 5.32 Å². The minimum Gasteiger partial charge on any atom is -0.312 e. The number of nitrogens with zero attached hydrogens (tertiary/aromatic N) is 1. The molecule has 5 heteroatoms. The van der Waals surface area contributed by atoms with E-state index in [1.54, 1.807) is 4.31 Å². The largest absolute Gasteiger partial charge is 0.312 e. The first-order chi connectivity index (χ1) is 6.56. The highest BCUT2D eigenvalue weighted by Gasteiger charge is 2.25. The maximum atomic E-state index is 11.8. The van der Waals surface area contributed by atoms with E-state index in [-0.39, 0.29) is 6.04 Å². The molecule has 1 rings (SSSR count). The number of rotatable bonds is 4.